The van der Waals surface area contributed by atoms with Crippen LogP contribution in [0.4, 0.5) is 0 Å². The van der Waals surface area contributed by atoms with Gasteiger partial charge in [0.25, 0.3) is 0 Å². The van der Waals surface area contributed by atoms with Gasteiger partial charge >= 0.3 is 5.97 Å². The Morgan fingerprint density at radius 3 is 2.44 bits per heavy atom. The molecule has 92 valence electrons. The van der Waals surface area contributed by atoms with E-state index in [4.69, 9.17) is 4.74 Å². The third-order valence-corrected chi connectivity index (χ3v) is 5.31. The number of ether oxygens (including phenoxy) is 1. The Balaban J connectivity index is 2.13. The highest BCUT2D eigenvalue weighted by molar-refractivity contribution is 5.74. The molecule has 0 radical (unpaired) electrons. The van der Waals surface area contributed by atoms with Crippen molar-refractivity contribution in [1.82, 2.24) is 0 Å². The van der Waals surface area contributed by atoms with Gasteiger partial charge in [0.05, 0.1) is 0 Å². The van der Waals surface area contributed by atoms with Crippen molar-refractivity contribution in [3.05, 3.63) is 0 Å². The van der Waals surface area contributed by atoms with E-state index in [0.717, 1.165) is 12.8 Å². The van der Waals surface area contributed by atoms with E-state index in [2.05, 4.69) is 20.8 Å². The van der Waals surface area contributed by atoms with Crippen molar-refractivity contribution in [2.45, 2.75) is 59.2 Å². The third kappa shape index (κ3) is 1.41. The lowest BCUT2D eigenvalue weighted by Crippen LogP contribution is -2.39. The molecule has 0 aromatic rings. The van der Waals surface area contributed by atoms with Gasteiger partial charge in [-0.15, -0.1) is 0 Å². The van der Waals surface area contributed by atoms with Crippen molar-refractivity contribution < 1.29 is 14.6 Å². The van der Waals surface area contributed by atoms with Gasteiger partial charge < -0.3 is 9.84 Å². The molecule has 2 rings (SSSR count). The van der Waals surface area contributed by atoms with Gasteiger partial charge in [0.2, 0.25) is 0 Å². The molecule has 4 atom stereocenters. The van der Waals surface area contributed by atoms with Gasteiger partial charge in [-0.05, 0) is 37.5 Å². The molecule has 0 aromatic carbocycles. The first kappa shape index (κ1) is 11.9. The SMILES string of the molecule is CC(O)C(=O)O[C@@H]1C[C@H]2CC[C@@]1(C)C2(C)C. The molecular formula is C13H22O3. The molecule has 16 heavy (non-hydrogen) atoms. The Bertz CT molecular complexity index is 308. The number of rotatable bonds is 2. The minimum absolute atomic E-state index is 0.0108. The van der Waals surface area contributed by atoms with Crippen molar-refractivity contribution in [1.29, 1.82) is 0 Å². The first-order valence-corrected chi connectivity index (χ1v) is 6.17. The van der Waals surface area contributed by atoms with E-state index < -0.39 is 12.1 Å². The van der Waals surface area contributed by atoms with E-state index in [-0.39, 0.29) is 16.9 Å². The number of carbonyl (C=O) groups is 1. The van der Waals surface area contributed by atoms with Crippen LogP contribution in [0.5, 0.6) is 0 Å². The monoisotopic (exact) mass is 226 g/mol. The van der Waals surface area contributed by atoms with Crippen LogP contribution in [-0.2, 0) is 9.53 Å². The molecule has 0 spiro atoms. The lowest BCUT2D eigenvalue weighted by molar-refractivity contribution is -0.165. The molecule has 1 N–H and O–H groups in total. The topological polar surface area (TPSA) is 46.5 Å². The van der Waals surface area contributed by atoms with E-state index in [9.17, 15) is 9.90 Å². The maximum Gasteiger partial charge on any atom is 0.334 e. The second-order valence-electron chi connectivity index (χ2n) is 6.21. The molecule has 3 nitrogen and oxygen atoms in total. The van der Waals surface area contributed by atoms with Crippen molar-refractivity contribution in [2.75, 3.05) is 0 Å². The number of carbonyl (C=O) groups excluding carboxylic acids is 1. The molecule has 0 aromatic heterocycles. The van der Waals surface area contributed by atoms with Gasteiger partial charge in [-0.2, -0.15) is 0 Å². The average Bonchev–Trinajstić information content (AvgIpc) is 2.50. The van der Waals surface area contributed by atoms with Crippen LogP contribution in [0, 0.1) is 16.7 Å². The zero-order chi connectivity index (χ0) is 12.1. The molecule has 1 unspecified atom stereocenters. The maximum atomic E-state index is 11.5. The minimum atomic E-state index is -1.01. The van der Waals surface area contributed by atoms with Gasteiger partial charge in [-0.25, -0.2) is 4.79 Å². The standard InChI is InChI=1S/C13H22O3/c1-8(14)11(15)16-10-7-9-5-6-13(10,4)12(9,2)3/h8-10,14H,5-7H2,1-4H3/t8?,9-,10-,13-/m1/s1. The lowest BCUT2D eigenvalue weighted by atomic mass is 9.70. The van der Waals surface area contributed by atoms with Gasteiger partial charge in [0.15, 0.2) is 0 Å². The first-order valence-electron chi connectivity index (χ1n) is 6.17. The van der Waals surface area contributed by atoms with Crippen LogP contribution >= 0.6 is 0 Å². The molecule has 2 aliphatic carbocycles. The second-order valence-corrected chi connectivity index (χ2v) is 6.21. The van der Waals surface area contributed by atoms with Crippen LogP contribution < -0.4 is 0 Å². The van der Waals surface area contributed by atoms with Gasteiger partial charge in [0.1, 0.15) is 12.2 Å². The summed E-state index contributed by atoms with van der Waals surface area (Å²) in [4.78, 5) is 11.5. The van der Waals surface area contributed by atoms with Crippen molar-refractivity contribution in [3.63, 3.8) is 0 Å². The van der Waals surface area contributed by atoms with Gasteiger partial charge in [0, 0.05) is 5.41 Å². The molecule has 2 saturated carbocycles. The molecule has 2 bridgehead atoms. The number of hydrogen-bond acceptors (Lipinski definition) is 3. The highest BCUT2D eigenvalue weighted by atomic mass is 16.6. The second kappa shape index (κ2) is 3.46. The molecule has 0 amide bonds. The number of hydrogen-bond donors (Lipinski definition) is 1. The summed E-state index contributed by atoms with van der Waals surface area (Å²) in [7, 11) is 0. The van der Waals surface area contributed by atoms with Crippen LogP contribution in [0.25, 0.3) is 0 Å². The Morgan fingerprint density at radius 1 is 1.44 bits per heavy atom. The number of fused-ring (bicyclic) bond motifs is 2. The molecule has 0 aliphatic heterocycles. The van der Waals surface area contributed by atoms with E-state index in [1.807, 2.05) is 0 Å². The lowest BCUT2D eigenvalue weighted by Gasteiger charge is -2.38. The number of aliphatic hydroxyl groups excluding tert-OH is 1. The molecule has 2 aliphatic rings. The average molecular weight is 226 g/mol. The summed E-state index contributed by atoms with van der Waals surface area (Å²) in [5.41, 5.74) is 0.332. The van der Waals surface area contributed by atoms with Crippen LogP contribution in [0.15, 0.2) is 0 Å². The Morgan fingerprint density at radius 2 is 2.06 bits per heavy atom. The quantitative estimate of drug-likeness (QED) is 0.734. The smallest absolute Gasteiger partial charge is 0.334 e. The van der Waals surface area contributed by atoms with Gasteiger partial charge in [-0.3, -0.25) is 0 Å². The van der Waals surface area contributed by atoms with Crippen molar-refractivity contribution >= 4 is 5.97 Å². The zero-order valence-corrected chi connectivity index (χ0v) is 10.6. The fraction of sp³-hybridized carbons (Fsp3) is 0.923. The summed E-state index contributed by atoms with van der Waals surface area (Å²) >= 11 is 0. The molecule has 3 heteroatoms. The summed E-state index contributed by atoms with van der Waals surface area (Å²) in [5.74, 6) is 0.180. The summed E-state index contributed by atoms with van der Waals surface area (Å²) in [6.45, 7) is 8.24. The normalized spacial score (nSPS) is 42.1. The fourth-order valence-corrected chi connectivity index (χ4v) is 3.55. The first-order chi connectivity index (χ1) is 7.29. The van der Waals surface area contributed by atoms with E-state index in [0.29, 0.717) is 5.92 Å². The van der Waals surface area contributed by atoms with E-state index >= 15 is 0 Å². The van der Waals surface area contributed by atoms with E-state index in [1.54, 1.807) is 0 Å². The van der Waals surface area contributed by atoms with Crippen LogP contribution in [0.1, 0.15) is 47.0 Å². The van der Waals surface area contributed by atoms with Crippen LogP contribution in [0.3, 0.4) is 0 Å². The number of aliphatic hydroxyl groups is 1. The third-order valence-electron chi connectivity index (χ3n) is 5.31. The summed E-state index contributed by atoms with van der Waals surface area (Å²) < 4.78 is 5.46. The number of esters is 1. The highest BCUT2D eigenvalue weighted by Crippen LogP contribution is 2.66. The Labute approximate surface area is 97.2 Å². The fourth-order valence-electron chi connectivity index (χ4n) is 3.55. The zero-order valence-electron chi connectivity index (χ0n) is 10.6. The Hall–Kier alpha value is -0.570. The maximum absolute atomic E-state index is 11.5. The van der Waals surface area contributed by atoms with Crippen molar-refractivity contribution in [2.24, 2.45) is 16.7 Å². The highest BCUT2D eigenvalue weighted by Gasteiger charge is 2.62. The molecular weight excluding hydrogens is 204 g/mol. The van der Waals surface area contributed by atoms with Gasteiger partial charge in [-0.1, -0.05) is 20.8 Å². The molecule has 0 saturated heterocycles. The minimum Gasteiger partial charge on any atom is -0.460 e. The summed E-state index contributed by atoms with van der Waals surface area (Å²) in [6.07, 6.45) is 2.31. The molecule has 0 heterocycles. The summed E-state index contributed by atoms with van der Waals surface area (Å²) in [6, 6.07) is 0. The van der Waals surface area contributed by atoms with E-state index in [1.165, 1.54) is 13.3 Å². The van der Waals surface area contributed by atoms with Crippen LogP contribution in [-0.4, -0.2) is 23.3 Å². The molecule has 2 fully saturated rings. The Kier molecular flexibility index (Phi) is 2.57. The predicted octanol–water partition coefficient (Wildman–Crippen LogP) is 2.13. The predicted molar refractivity (Wildman–Crippen MR) is 60.8 cm³/mol. The van der Waals surface area contributed by atoms with Crippen molar-refractivity contribution in [3.8, 4) is 0 Å². The largest absolute Gasteiger partial charge is 0.460 e. The summed E-state index contributed by atoms with van der Waals surface area (Å²) in [5, 5.41) is 9.19. The van der Waals surface area contributed by atoms with Crippen LogP contribution in [0.2, 0.25) is 0 Å².